The molecule has 0 saturated carbocycles. The van der Waals surface area contributed by atoms with Crippen LogP contribution in [-0.4, -0.2) is 21.7 Å². The van der Waals surface area contributed by atoms with Gasteiger partial charge in [-0.05, 0) is 48.7 Å². The van der Waals surface area contributed by atoms with Gasteiger partial charge in [0.15, 0.2) is 11.5 Å². The summed E-state index contributed by atoms with van der Waals surface area (Å²) < 4.78 is 12.4. The van der Waals surface area contributed by atoms with Gasteiger partial charge in [0.1, 0.15) is 10.9 Å². The van der Waals surface area contributed by atoms with Gasteiger partial charge in [-0.2, -0.15) is 0 Å². The molecular weight excluding hydrogens is 450 g/mol. The minimum absolute atomic E-state index is 0.0772. The number of carbonyl (C=O) groups excluding carboxylic acids is 1. The Morgan fingerprint density at radius 2 is 1.73 bits per heavy atom. The SMILES string of the molecule is CCOc1cc(C=C2SC(=S)N(Cc3ccccc3)C2=O)ccc1OCc1cccc(C)c1. The monoisotopic (exact) mass is 475 g/mol. The topological polar surface area (TPSA) is 38.8 Å². The standard InChI is InChI=1S/C27H25NO3S2/c1-3-30-24-15-21(12-13-23(24)31-18-22-11-7-8-19(2)14-22)16-25-26(29)28(27(32)33-25)17-20-9-5-4-6-10-20/h4-16H,3,17-18H2,1-2H3. The van der Waals surface area contributed by atoms with Crippen molar-refractivity contribution in [2.75, 3.05) is 6.61 Å². The molecule has 0 spiro atoms. The number of hydrogen-bond donors (Lipinski definition) is 0. The van der Waals surface area contributed by atoms with Crippen molar-refractivity contribution in [3.8, 4) is 11.5 Å². The molecule has 0 N–H and O–H groups in total. The molecule has 1 fully saturated rings. The van der Waals surface area contributed by atoms with Gasteiger partial charge in [0.25, 0.3) is 5.91 Å². The zero-order chi connectivity index (χ0) is 23.2. The van der Waals surface area contributed by atoms with Crippen LogP contribution in [0, 0.1) is 6.92 Å². The van der Waals surface area contributed by atoms with Gasteiger partial charge in [0.05, 0.1) is 18.1 Å². The van der Waals surface area contributed by atoms with E-state index in [9.17, 15) is 4.79 Å². The fourth-order valence-electron chi connectivity index (χ4n) is 3.52. The van der Waals surface area contributed by atoms with Crippen LogP contribution in [0.4, 0.5) is 0 Å². The number of ether oxygens (including phenoxy) is 2. The zero-order valence-corrected chi connectivity index (χ0v) is 20.2. The van der Waals surface area contributed by atoms with Crippen LogP contribution in [-0.2, 0) is 17.9 Å². The molecule has 1 aliphatic rings. The molecule has 0 bridgehead atoms. The molecule has 4 rings (SSSR count). The van der Waals surface area contributed by atoms with Crippen LogP contribution in [0.2, 0.25) is 0 Å². The molecule has 168 valence electrons. The Morgan fingerprint density at radius 3 is 2.48 bits per heavy atom. The third kappa shape index (κ3) is 5.83. The predicted octanol–water partition coefficient (Wildman–Crippen LogP) is 6.37. The Bertz CT molecular complexity index is 1190. The zero-order valence-electron chi connectivity index (χ0n) is 18.6. The Morgan fingerprint density at radius 1 is 0.939 bits per heavy atom. The van der Waals surface area contributed by atoms with E-state index in [2.05, 4.69) is 19.1 Å². The van der Waals surface area contributed by atoms with E-state index in [4.69, 9.17) is 21.7 Å². The molecular formula is C27H25NO3S2. The van der Waals surface area contributed by atoms with Crippen LogP contribution in [0.3, 0.4) is 0 Å². The highest BCUT2D eigenvalue weighted by atomic mass is 32.2. The van der Waals surface area contributed by atoms with Crippen molar-refractivity contribution in [3.05, 3.63) is 100.0 Å². The van der Waals surface area contributed by atoms with Gasteiger partial charge < -0.3 is 9.47 Å². The smallest absolute Gasteiger partial charge is 0.266 e. The number of hydrogen-bond acceptors (Lipinski definition) is 5. The van der Waals surface area contributed by atoms with Crippen LogP contribution < -0.4 is 9.47 Å². The van der Waals surface area contributed by atoms with E-state index < -0.39 is 0 Å². The van der Waals surface area contributed by atoms with E-state index in [1.165, 1.54) is 17.3 Å². The predicted molar refractivity (Wildman–Crippen MR) is 138 cm³/mol. The van der Waals surface area contributed by atoms with E-state index in [-0.39, 0.29) is 5.91 Å². The first-order valence-corrected chi connectivity index (χ1v) is 12.0. The number of carbonyl (C=O) groups is 1. The molecule has 1 amide bonds. The third-order valence-electron chi connectivity index (χ3n) is 5.10. The number of thioether (sulfide) groups is 1. The van der Waals surface area contributed by atoms with E-state index in [0.717, 1.165) is 16.7 Å². The Kier molecular flexibility index (Phi) is 7.47. The lowest BCUT2D eigenvalue weighted by Crippen LogP contribution is -2.27. The van der Waals surface area contributed by atoms with Gasteiger partial charge in [-0.15, -0.1) is 0 Å². The van der Waals surface area contributed by atoms with Crippen molar-refractivity contribution in [2.45, 2.75) is 27.0 Å². The summed E-state index contributed by atoms with van der Waals surface area (Å²) in [4.78, 5) is 15.2. The van der Waals surface area contributed by atoms with Crippen molar-refractivity contribution >= 4 is 40.3 Å². The van der Waals surface area contributed by atoms with Crippen LogP contribution in [0.15, 0.2) is 77.7 Å². The molecule has 1 saturated heterocycles. The van der Waals surface area contributed by atoms with Crippen LogP contribution in [0.1, 0.15) is 29.2 Å². The Balaban J connectivity index is 1.50. The van der Waals surface area contributed by atoms with Crippen molar-refractivity contribution in [1.82, 2.24) is 4.90 Å². The summed E-state index contributed by atoms with van der Waals surface area (Å²) in [5.74, 6) is 1.25. The fourth-order valence-corrected chi connectivity index (χ4v) is 4.77. The molecule has 0 unspecified atom stereocenters. The van der Waals surface area contributed by atoms with Gasteiger partial charge in [-0.1, -0.05) is 90.2 Å². The normalized spacial score (nSPS) is 14.7. The average molecular weight is 476 g/mol. The van der Waals surface area contributed by atoms with Crippen LogP contribution >= 0.6 is 24.0 Å². The fraction of sp³-hybridized carbons (Fsp3) is 0.185. The van der Waals surface area contributed by atoms with Gasteiger partial charge >= 0.3 is 0 Å². The first-order chi connectivity index (χ1) is 16.0. The largest absolute Gasteiger partial charge is 0.490 e. The average Bonchev–Trinajstić information content (AvgIpc) is 3.07. The summed E-state index contributed by atoms with van der Waals surface area (Å²) >= 11 is 6.80. The highest BCUT2D eigenvalue weighted by molar-refractivity contribution is 8.26. The lowest BCUT2D eigenvalue weighted by atomic mass is 10.1. The van der Waals surface area contributed by atoms with Crippen LogP contribution in [0.5, 0.6) is 11.5 Å². The highest BCUT2D eigenvalue weighted by Gasteiger charge is 2.32. The second-order valence-corrected chi connectivity index (χ2v) is 9.35. The van der Waals surface area contributed by atoms with Gasteiger partial charge in [-0.25, -0.2) is 0 Å². The van der Waals surface area contributed by atoms with Crippen molar-refractivity contribution < 1.29 is 14.3 Å². The number of aryl methyl sites for hydroxylation is 1. The summed E-state index contributed by atoms with van der Waals surface area (Å²) in [6, 6.07) is 23.8. The van der Waals surface area contributed by atoms with Gasteiger partial charge in [0.2, 0.25) is 0 Å². The van der Waals surface area contributed by atoms with E-state index in [0.29, 0.717) is 40.5 Å². The molecule has 1 aliphatic heterocycles. The van der Waals surface area contributed by atoms with E-state index in [1.807, 2.05) is 73.7 Å². The first-order valence-electron chi connectivity index (χ1n) is 10.8. The van der Waals surface area contributed by atoms with Gasteiger partial charge in [-0.3, -0.25) is 9.69 Å². The molecule has 33 heavy (non-hydrogen) atoms. The lowest BCUT2D eigenvalue weighted by Gasteiger charge is -2.14. The van der Waals surface area contributed by atoms with Crippen molar-refractivity contribution in [1.29, 1.82) is 0 Å². The van der Waals surface area contributed by atoms with Crippen LogP contribution in [0.25, 0.3) is 6.08 Å². The molecule has 0 radical (unpaired) electrons. The number of nitrogens with zero attached hydrogens (tertiary/aromatic N) is 1. The first kappa shape index (κ1) is 23.1. The summed E-state index contributed by atoms with van der Waals surface area (Å²) in [6.07, 6.45) is 1.86. The van der Waals surface area contributed by atoms with E-state index >= 15 is 0 Å². The molecule has 3 aromatic carbocycles. The Labute approximate surface area is 204 Å². The second kappa shape index (κ2) is 10.7. The maximum atomic E-state index is 13.0. The number of thiocarbonyl (C=S) groups is 1. The molecule has 0 aromatic heterocycles. The minimum atomic E-state index is -0.0772. The lowest BCUT2D eigenvalue weighted by molar-refractivity contribution is -0.122. The summed E-state index contributed by atoms with van der Waals surface area (Å²) in [7, 11) is 0. The maximum Gasteiger partial charge on any atom is 0.266 e. The molecule has 1 heterocycles. The molecule has 0 aliphatic carbocycles. The molecule has 4 nitrogen and oxygen atoms in total. The van der Waals surface area contributed by atoms with Crippen molar-refractivity contribution in [2.24, 2.45) is 0 Å². The van der Waals surface area contributed by atoms with Crippen molar-refractivity contribution in [3.63, 3.8) is 0 Å². The molecule has 3 aromatic rings. The van der Waals surface area contributed by atoms with E-state index in [1.54, 1.807) is 4.90 Å². The number of amides is 1. The third-order valence-corrected chi connectivity index (χ3v) is 6.48. The number of rotatable bonds is 8. The number of benzene rings is 3. The van der Waals surface area contributed by atoms with Gasteiger partial charge in [0, 0.05) is 0 Å². The summed E-state index contributed by atoms with van der Waals surface area (Å²) in [5.41, 5.74) is 4.20. The maximum absolute atomic E-state index is 13.0. The summed E-state index contributed by atoms with van der Waals surface area (Å²) in [6.45, 7) is 5.44. The summed E-state index contributed by atoms with van der Waals surface area (Å²) in [5, 5.41) is 0. The Hall–Kier alpha value is -3.09. The quantitative estimate of drug-likeness (QED) is 0.279. The second-order valence-electron chi connectivity index (χ2n) is 7.67. The molecule has 0 atom stereocenters. The minimum Gasteiger partial charge on any atom is -0.490 e. The molecule has 6 heteroatoms. The highest BCUT2D eigenvalue weighted by Crippen LogP contribution is 2.35.